The van der Waals surface area contributed by atoms with Crippen molar-refractivity contribution in [1.82, 2.24) is 0 Å². The molecule has 0 aliphatic heterocycles. The van der Waals surface area contributed by atoms with Crippen molar-refractivity contribution in [2.45, 2.75) is 412 Å². The van der Waals surface area contributed by atoms with Crippen LogP contribution in [0.4, 0.5) is 0 Å². The van der Waals surface area contributed by atoms with Gasteiger partial charge in [-0.25, -0.2) is 0 Å². The van der Waals surface area contributed by atoms with Crippen LogP contribution < -0.4 is 0 Å². The molecule has 0 aliphatic rings. The molecule has 0 aliphatic carbocycles. The Hall–Kier alpha value is -1.85. The van der Waals surface area contributed by atoms with Crippen LogP contribution in [0.15, 0.2) is 12.2 Å². The molecule has 0 heterocycles. The quantitative estimate of drug-likeness (QED) is 0.0261. The van der Waals surface area contributed by atoms with E-state index in [0.717, 1.165) is 57.8 Å². The van der Waals surface area contributed by atoms with Crippen LogP contribution in [0.5, 0.6) is 0 Å². The van der Waals surface area contributed by atoms with Crippen LogP contribution in [-0.2, 0) is 28.6 Å². The third-order valence-electron chi connectivity index (χ3n) is 16.3. The van der Waals surface area contributed by atoms with Gasteiger partial charge in [0.1, 0.15) is 13.2 Å². The summed E-state index contributed by atoms with van der Waals surface area (Å²) >= 11 is 0. The van der Waals surface area contributed by atoms with E-state index in [0.29, 0.717) is 19.3 Å². The zero-order valence-electron chi connectivity index (χ0n) is 52.5. The van der Waals surface area contributed by atoms with Crippen LogP contribution in [-0.4, -0.2) is 37.2 Å². The summed E-state index contributed by atoms with van der Waals surface area (Å²) in [4.78, 5) is 38.2. The van der Waals surface area contributed by atoms with Crippen LogP contribution in [0.25, 0.3) is 0 Å². The Morgan fingerprint density at radius 2 is 0.429 bits per heavy atom. The SMILES string of the molecule is CCCCCCCCCC/C=C\CCCCCCCCCCCCCCCCCCCCCCCCCC(=O)OCC(COC(=O)CCCCCCCCCCC)OC(=O)CCCCCCCCCCCCCCCCC. The number of hydrogen-bond donors (Lipinski definition) is 0. The minimum atomic E-state index is -0.762. The zero-order valence-corrected chi connectivity index (χ0v) is 52.5. The second kappa shape index (κ2) is 66.7. The predicted octanol–water partition coefficient (Wildman–Crippen LogP) is 24.0. The first-order chi connectivity index (χ1) is 38.0. The van der Waals surface area contributed by atoms with E-state index < -0.39 is 6.10 Å². The van der Waals surface area contributed by atoms with Crippen molar-refractivity contribution in [2.24, 2.45) is 0 Å². The highest BCUT2D eigenvalue weighted by Gasteiger charge is 2.19. The summed E-state index contributed by atoms with van der Waals surface area (Å²) in [5, 5.41) is 0. The molecule has 6 heteroatoms. The Kier molecular flexibility index (Phi) is 65.1. The van der Waals surface area contributed by atoms with E-state index in [1.165, 1.54) is 308 Å². The van der Waals surface area contributed by atoms with E-state index in [1.807, 2.05) is 0 Å². The topological polar surface area (TPSA) is 78.9 Å². The van der Waals surface area contributed by atoms with Crippen molar-refractivity contribution in [2.75, 3.05) is 13.2 Å². The first-order valence-corrected chi connectivity index (χ1v) is 35.2. The van der Waals surface area contributed by atoms with Crippen molar-refractivity contribution >= 4 is 17.9 Å². The van der Waals surface area contributed by atoms with Gasteiger partial charge in [-0.2, -0.15) is 0 Å². The van der Waals surface area contributed by atoms with Crippen molar-refractivity contribution in [1.29, 1.82) is 0 Å². The van der Waals surface area contributed by atoms with Gasteiger partial charge < -0.3 is 14.2 Å². The number of esters is 3. The van der Waals surface area contributed by atoms with Gasteiger partial charge >= 0.3 is 17.9 Å². The van der Waals surface area contributed by atoms with Gasteiger partial charge in [-0.1, -0.05) is 354 Å². The second-order valence-corrected chi connectivity index (χ2v) is 24.2. The normalized spacial score (nSPS) is 12.0. The van der Waals surface area contributed by atoms with Crippen molar-refractivity contribution in [3.05, 3.63) is 12.2 Å². The molecule has 0 amide bonds. The molecule has 77 heavy (non-hydrogen) atoms. The van der Waals surface area contributed by atoms with E-state index in [2.05, 4.69) is 32.9 Å². The molecule has 456 valence electrons. The van der Waals surface area contributed by atoms with Gasteiger partial charge in [0, 0.05) is 19.3 Å². The Balaban J connectivity index is 3.93. The molecule has 0 spiro atoms. The van der Waals surface area contributed by atoms with Crippen LogP contribution in [0.3, 0.4) is 0 Å². The summed E-state index contributed by atoms with van der Waals surface area (Å²) in [6.45, 7) is 6.69. The maximum Gasteiger partial charge on any atom is 0.306 e. The molecule has 0 aromatic carbocycles. The van der Waals surface area contributed by atoms with Gasteiger partial charge in [-0.15, -0.1) is 0 Å². The highest BCUT2D eigenvalue weighted by molar-refractivity contribution is 5.71. The zero-order chi connectivity index (χ0) is 55.7. The molecule has 6 nitrogen and oxygen atoms in total. The number of unbranched alkanes of at least 4 members (excludes halogenated alkanes) is 53. The van der Waals surface area contributed by atoms with Gasteiger partial charge in [-0.3, -0.25) is 14.4 Å². The number of rotatable bonds is 66. The van der Waals surface area contributed by atoms with Crippen molar-refractivity contribution < 1.29 is 28.6 Å². The lowest BCUT2D eigenvalue weighted by Crippen LogP contribution is -2.30. The molecule has 0 saturated heterocycles. The Morgan fingerprint density at radius 3 is 0.649 bits per heavy atom. The number of carbonyl (C=O) groups is 3. The van der Waals surface area contributed by atoms with E-state index in [9.17, 15) is 14.4 Å². The standard InChI is InChI=1S/C71H136O6/c1-4-7-10-13-16-19-21-23-25-26-27-28-29-30-31-32-33-34-35-36-37-38-39-40-41-42-43-44-46-47-49-52-55-58-61-64-70(73)76-67-68(66-75-69(72)63-60-57-54-51-18-15-12-9-6-3)77-71(74)65-62-59-56-53-50-48-45-24-22-20-17-14-11-8-5-2/h26-27,68H,4-25,28-67H2,1-3H3/b27-26-. The summed E-state index contributed by atoms with van der Waals surface area (Å²) in [5.74, 6) is -0.834. The fraction of sp³-hybridized carbons (Fsp3) is 0.930. The highest BCUT2D eigenvalue weighted by Crippen LogP contribution is 2.19. The average molecular weight is 1090 g/mol. The summed E-state index contributed by atoms with van der Waals surface area (Å²) in [6, 6.07) is 0. The largest absolute Gasteiger partial charge is 0.462 e. The predicted molar refractivity (Wildman–Crippen MR) is 335 cm³/mol. The summed E-state index contributed by atoms with van der Waals surface area (Å²) < 4.78 is 16.9. The Bertz CT molecular complexity index is 1200. The first kappa shape index (κ1) is 75.2. The molecular weight excluding hydrogens is 949 g/mol. The molecule has 0 N–H and O–H groups in total. The molecular formula is C71H136O6. The number of carbonyl (C=O) groups excluding carboxylic acids is 3. The lowest BCUT2D eigenvalue weighted by molar-refractivity contribution is -0.167. The van der Waals surface area contributed by atoms with E-state index >= 15 is 0 Å². The highest BCUT2D eigenvalue weighted by atomic mass is 16.6. The smallest absolute Gasteiger partial charge is 0.306 e. The Morgan fingerprint density at radius 1 is 0.247 bits per heavy atom. The monoisotopic (exact) mass is 1090 g/mol. The first-order valence-electron chi connectivity index (χ1n) is 35.2. The molecule has 1 atom stereocenters. The van der Waals surface area contributed by atoms with Gasteiger partial charge in [0.05, 0.1) is 0 Å². The second-order valence-electron chi connectivity index (χ2n) is 24.2. The number of allylic oxidation sites excluding steroid dienone is 2. The lowest BCUT2D eigenvalue weighted by Gasteiger charge is -2.18. The van der Waals surface area contributed by atoms with E-state index in [4.69, 9.17) is 14.2 Å². The number of ether oxygens (including phenoxy) is 3. The maximum absolute atomic E-state index is 12.9. The molecule has 1 unspecified atom stereocenters. The molecule has 0 saturated carbocycles. The van der Waals surface area contributed by atoms with Crippen LogP contribution in [0, 0.1) is 0 Å². The van der Waals surface area contributed by atoms with Crippen molar-refractivity contribution in [3.63, 3.8) is 0 Å². The third-order valence-corrected chi connectivity index (χ3v) is 16.3. The molecule has 0 aromatic rings. The lowest BCUT2D eigenvalue weighted by atomic mass is 10.0. The molecule has 0 bridgehead atoms. The summed E-state index contributed by atoms with van der Waals surface area (Å²) in [5.41, 5.74) is 0. The van der Waals surface area contributed by atoms with E-state index in [-0.39, 0.29) is 31.1 Å². The average Bonchev–Trinajstić information content (AvgIpc) is 3.43. The fourth-order valence-corrected chi connectivity index (χ4v) is 11.0. The maximum atomic E-state index is 12.9. The van der Waals surface area contributed by atoms with Gasteiger partial charge in [0.2, 0.25) is 0 Å². The van der Waals surface area contributed by atoms with Crippen LogP contribution in [0.2, 0.25) is 0 Å². The van der Waals surface area contributed by atoms with Gasteiger partial charge in [0.15, 0.2) is 6.10 Å². The molecule has 0 aromatic heterocycles. The Labute approximate surface area is 481 Å². The van der Waals surface area contributed by atoms with Crippen LogP contribution >= 0.6 is 0 Å². The molecule has 0 rings (SSSR count). The minimum Gasteiger partial charge on any atom is -0.462 e. The molecule has 0 fully saturated rings. The van der Waals surface area contributed by atoms with Crippen molar-refractivity contribution in [3.8, 4) is 0 Å². The van der Waals surface area contributed by atoms with Gasteiger partial charge in [0.25, 0.3) is 0 Å². The summed E-state index contributed by atoms with van der Waals surface area (Å²) in [6.07, 6.45) is 79.9. The minimum absolute atomic E-state index is 0.0622. The van der Waals surface area contributed by atoms with Crippen LogP contribution in [0.1, 0.15) is 406 Å². The number of hydrogen-bond acceptors (Lipinski definition) is 6. The van der Waals surface area contributed by atoms with Gasteiger partial charge in [-0.05, 0) is 44.9 Å². The third kappa shape index (κ3) is 64.9. The summed E-state index contributed by atoms with van der Waals surface area (Å²) in [7, 11) is 0. The van der Waals surface area contributed by atoms with E-state index in [1.54, 1.807) is 0 Å². The fourth-order valence-electron chi connectivity index (χ4n) is 11.0. The molecule has 0 radical (unpaired) electrons.